The first-order valence-electron chi connectivity index (χ1n) is 9.47. The standard InChI is InChI=1S/C24H21ClN2O2S/c1-27(15-16-6-4-3-5-7-16)24(28)22-23(30-19-11-8-17(25)9-12-19)20-13-10-18(29-2)14-21(20)26-22/h3-14,26H,15H2,1-2H3. The zero-order chi connectivity index (χ0) is 21.1. The van der Waals surface area contributed by atoms with Gasteiger partial charge in [0.25, 0.3) is 5.91 Å². The molecule has 0 bridgehead atoms. The molecular formula is C24H21ClN2O2S. The van der Waals surface area contributed by atoms with Gasteiger partial charge in [-0.1, -0.05) is 53.7 Å². The van der Waals surface area contributed by atoms with E-state index in [1.807, 2.05) is 79.8 Å². The molecule has 4 rings (SSSR count). The summed E-state index contributed by atoms with van der Waals surface area (Å²) in [5.41, 5.74) is 2.51. The Bertz CT molecular complexity index is 1170. The van der Waals surface area contributed by atoms with Gasteiger partial charge < -0.3 is 14.6 Å². The normalized spacial score (nSPS) is 10.9. The van der Waals surface area contributed by atoms with Crippen molar-refractivity contribution < 1.29 is 9.53 Å². The summed E-state index contributed by atoms with van der Waals surface area (Å²) in [6.07, 6.45) is 0. The van der Waals surface area contributed by atoms with Crippen LogP contribution in [0.5, 0.6) is 5.75 Å². The first-order valence-corrected chi connectivity index (χ1v) is 10.7. The molecule has 1 heterocycles. The van der Waals surface area contributed by atoms with Gasteiger partial charge >= 0.3 is 0 Å². The van der Waals surface area contributed by atoms with E-state index in [0.717, 1.165) is 32.0 Å². The van der Waals surface area contributed by atoms with Crippen LogP contribution >= 0.6 is 23.4 Å². The van der Waals surface area contributed by atoms with E-state index < -0.39 is 0 Å². The number of rotatable bonds is 6. The van der Waals surface area contributed by atoms with Gasteiger partial charge in [-0.2, -0.15) is 0 Å². The summed E-state index contributed by atoms with van der Waals surface area (Å²) in [6, 6.07) is 23.4. The molecule has 30 heavy (non-hydrogen) atoms. The van der Waals surface area contributed by atoms with Crippen molar-refractivity contribution in [2.45, 2.75) is 16.3 Å². The minimum Gasteiger partial charge on any atom is -0.497 e. The van der Waals surface area contributed by atoms with Crippen molar-refractivity contribution in [3.05, 3.63) is 89.1 Å². The predicted molar refractivity (Wildman–Crippen MR) is 123 cm³/mol. The number of ether oxygens (including phenoxy) is 1. The number of benzene rings is 3. The van der Waals surface area contributed by atoms with Gasteiger partial charge in [0.2, 0.25) is 0 Å². The molecule has 0 unspecified atom stereocenters. The number of methoxy groups -OCH3 is 1. The third-order valence-corrected chi connectivity index (χ3v) is 6.20. The van der Waals surface area contributed by atoms with Crippen LogP contribution in [0.15, 0.2) is 82.6 Å². The molecule has 4 aromatic rings. The molecule has 0 aliphatic rings. The molecule has 152 valence electrons. The molecule has 0 saturated heterocycles. The molecule has 0 saturated carbocycles. The molecule has 3 aromatic carbocycles. The fourth-order valence-electron chi connectivity index (χ4n) is 3.27. The maximum Gasteiger partial charge on any atom is 0.271 e. The lowest BCUT2D eigenvalue weighted by molar-refractivity contribution is 0.0777. The van der Waals surface area contributed by atoms with E-state index in [2.05, 4.69) is 4.98 Å². The third kappa shape index (κ3) is 4.32. The molecule has 4 nitrogen and oxygen atoms in total. The average molecular weight is 437 g/mol. The number of carbonyl (C=O) groups is 1. The highest BCUT2D eigenvalue weighted by Crippen LogP contribution is 2.38. The third-order valence-electron chi connectivity index (χ3n) is 4.81. The zero-order valence-corrected chi connectivity index (χ0v) is 18.3. The van der Waals surface area contributed by atoms with E-state index in [1.54, 1.807) is 23.8 Å². The van der Waals surface area contributed by atoms with Crippen LogP contribution in [0.3, 0.4) is 0 Å². The number of H-pyrrole nitrogens is 1. The number of aromatic nitrogens is 1. The van der Waals surface area contributed by atoms with Gasteiger partial charge in [-0.3, -0.25) is 4.79 Å². The Morgan fingerprint density at radius 1 is 1.07 bits per heavy atom. The van der Waals surface area contributed by atoms with E-state index >= 15 is 0 Å². The van der Waals surface area contributed by atoms with Gasteiger partial charge in [-0.05, 0) is 42.0 Å². The fraction of sp³-hybridized carbons (Fsp3) is 0.125. The Morgan fingerprint density at radius 3 is 2.50 bits per heavy atom. The summed E-state index contributed by atoms with van der Waals surface area (Å²) < 4.78 is 5.35. The summed E-state index contributed by atoms with van der Waals surface area (Å²) in [5.74, 6) is 0.675. The molecule has 0 aliphatic carbocycles. The molecule has 1 aromatic heterocycles. The highest BCUT2D eigenvalue weighted by Gasteiger charge is 2.22. The average Bonchev–Trinajstić information content (AvgIpc) is 3.12. The summed E-state index contributed by atoms with van der Waals surface area (Å²) in [5, 5.41) is 1.66. The van der Waals surface area contributed by atoms with Crippen molar-refractivity contribution in [2.75, 3.05) is 14.2 Å². The largest absolute Gasteiger partial charge is 0.497 e. The Balaban J connectivity index is 1.73. The molecule has 0 atom stereocenters. The monoisotopic (exact) mass is 436 g/mol. The second-order valence-corrected chi connectivity index (χ2v) is 8.46. The van der Waals surface area contributed by atoms with E-state index in [4.69, 9.17) is 16.3 Å². The van der Waals surface area contributed by atoms with E-state index in [1.165, 1.54) is 0 Å². The highest BCUT2D eigenvalue weighted by atomic mass is 35.5. The van der Waals surface area contributed by atoms with Gasteiger partial charge in [0.15, 0.2) is 0 Å². The Hall–Kier alpha value is -2.89. The molecule has 1 N–H and O–H groups in total. The minimum atomic E-state index is -0.0644. The van der Waals surface area contributed by atoms with Crippen LogP contribution in [0.1, 0.15) is 16.1 Å². The van der Waals surface area contributed by atoms with E-state index in [-0.39, 0.29) is 5.91 Å². The zero-order valence-electron chi connectivity index (χ0n) is 16.7. The van der Waals surface area contributed by atoms with Gasteiger partial charge in [-0.15, -0.1) is 0 Å². The molecule has 0 radical (unpaired) electrons. The van der Waals surface area contributed by atoms with Crippen molar-refractivity contribution in [1.82, 2.24) is 9.88 Å². The first kappa shape index (κ1) is 20.4. The van der Waals surface area contributed by atoms with Crippen molar-refractivity contribution in [3.8, 4) is 5.75 Å². The van der Waals surface area contributed by atoms with E-state index in [0.29, 0.717) is 17.3 Å². The Labute approximate surface area is 184 Å². The quantitative estimate of drug-likeness (QED) is 0.388. The Kier molecular flexibility index (Phi) is 6.02. The number of hydrogen-bond donors (Lipinski definition) is 1. The van der Waals surface area contributed by atoms with Crippen LogP contribution in [0.25, 0.3) is 10.9 Å². The number of nitrogens with one attached hydrogen (secondary N) is 1. The number of fused-ring (bicyclic) bond motifs is 1. The molecular weight excluding hydrogens is 416 g/mol. The Morgan fingerprint density at radius 2 is 1.80 bits per heavy atom. The summed E-state index contributed by atoms with van der Waals surface area (Å²) in [6.45, 7) is 0.531. The smallest absolute Gasteiger partial charge is 0.271 e. The summed E-state index contributed by atoms with van der Waals surface area (Å²) >= 11 is 7.58. The number of hydrogen-bond acceptors (Lipinski definition) is 3. The van der Waals surface area contributed by atoms with Crippen LogP contribution in [0.4, 0.5) is 0 Å². The van der Waals surface area contributed by atoms with Crippen LogP contribution < -0.4 is 4.74 Å². The van der Waals surface area contributed by atoms with Crippen molar-refractivity contribution in [1.29, 1.82) is 0 Å². The van der Waals surface area contributed by atoms with Crippen molar-refractivity contribution >= 4 is 40.2 Å². The SMILES string of the molecule is COc1ccc2c(Sc3ccc(Cl)cc3)c(C(=O)N(C)Cc3ccccc3)[nH]c2c1. The summed E-state index contributed by atoms with van der Waals surface area (Å²) in [7, 11) is 3.45. The van der Waals surface area contributed by atoms with Crippen LogP contribution in [-0.2, 0) is 6.54 Å². The maximum absolute atomic E-state index is 13.4. The number of amides is 1. The van der Waals surface area contributed by atoms with Gasteiger partial charge in [0.1, 0.15) is 11.4 Å². The summed E-state index contributed by atoms with van der Waals surface area (Å²) in [4.78, 5) is 20.3. The number of aromatic amines is 1. The fourth-order valence-corrected chi connectivity index (χ4v) is 4.44. The molecule has 0 aliphatic heterocycles. The lowest BCUT2D eigenvalue weighted by Crippen LogP contribution is -2.26. The van der Waals surface area contributed by atoms with Gasteiger partial charge in [-0.25, -0.2) is 0 Å². The van der Waals surface area contributed by atoms with Crippen molar-refractivity contribution in [3.63, 3.8) is 0 Å². The number of halogens is 1. The molecule has 1 amide bonds. The maximum atomic E-state index is 13.4. The predicted octanol–water partition coefficient (Wildman–Crippen LogP) is 6.25. The highest BCUT2D eigenvalue weighted by molar-refractivity contribution is 7.99. The number of nitrogens with zero attached hydrogens (tertiary/aromatic N) is 1. The number of carbonyl (C=O) groups excluding carboxylic acids is 1. The van der Waals surface area contributed by atoms with Gasteiger partial charge in [0, 0.05) is 35.0 Å². The molecule has 0 fully saturated rings. The van der Waals surface area contributed by atoms with Crippen molar-refractivity contribution in [2.24, 2.45) is 0 Å². The second kappa shape index (κ2) is 8.86. The van der Waals surface area contributed by atoms with Gasteiger partial charge in [0.05, 0.1) is 17.5 Å². The lowest BCUT2D eigenvalue weighted by Gasteiger charge is -2.17. The van der Waals surface area contributed by atoms with Crippen LogP contribution in [0, 0.1) is 0 Å². The molecule has 0 spiro atoms. The molecule has 6 heteroatoms. The first-order chi connectivity index (χ1) is 14.5. The van der Waals surface area contributed by atoms with Crippen LogP contribution in [0.2, 0.25) is 5.02 Å². The van der Waals surface area contributed by atoms with E-state index in [9.17, 15) is 4.79 Å². The lowest BCUT2D eigenvalue weighted by atomic mass is 10.2. The minimum absolute atomic E-state index is 0.0644. The van der Waals surface area contributed by atoms with Crippen LogP contribution in [-0.4, -0.2) is 29.9 Å². The second-order valence-electron chi connectivity index (χ2n) is 6.94. The topological polar surface area (TPSA) is 45.3 Å².